The van der Waals surface area contributed by atoms with Gasteiger partial charge in [0.15, 0.2) is 11.5 Å². The molecule has 7 nitrogen and oxygen atoms in total. The lowest BCUT2D eigenvalue weighted by Gasteiger charge is -2.26. The second kappa shape index (κ2) is 5.94. The van der Waals surface area contributed by atoms with Crippen molar-refractivity contribution in [2.75, 3.05) is 27.2 Å². The van der Waals surface area contributed by atoms with Crippen LogP contribution < -0.4 is 5.32 Å². The van der Waals surface area contributed by atoms with Crippen LogP contribution in [0.15, 0.2) is 10.6 Å². The first-order chi connectivity index (χ1) is 8.30. The van der Waals surface area contributed by atoms with E-state index in [2.05, 4.69) is 10.5 Å². The molecule has 7 heteroatoms. The number of aromatic carboxylic acids is 1. The van der Waals surface area contributed by atoms with E-state index < -0.39 is 11.6 Å². The van der Waals surface area contributed by atoms with E-state index in [4.69, 9.17) is 9.63 Å². The number of carboxylic acid groups (broad SMARTS) is 1. The highest BCUT2D eigenvalue weighted by Crippen LogP contribution is 2.05. The fourth-order valence-electron chi connectivity index (χ4n) is 1.69. The number of carboxylic acids is 1. The lowest BCUT2D eigenvalue weighted by Crippen LogP contribution is -2.45. The molecule has 0 aliphatic carbocycles. The predicted molar refractivity (Wildman–Crippen MR) is 64.3 cm³/mol. The van der Waals surface area contributed by atoms with Gasteiger partial charge in [-0.3, -0.25) is 0 Å². The number of nitrogens with zero attached hydrogens (tertiary/aromatic N) is 2. The van der Waals surface area contributed by atoms with Gasteiger partial charge in [-0.25, -0.2) is 4.79 Å². The summed E-state index contributed by atoms with van der Waals surface area (Å²) < 4.78 is 4.84. The molecule has 0 fully saturated rings. The van der Waals surface area contributed by atoms with Gasteiger partial charge in [-0.2, -0.15) is 0 Å². The summed E-state index contributed by atoms with van der Waals surface area (Å²) in [6.45, 7) is 2.94. The van der Waals surface area contributed by atoms with Crippen LogP contribution in [-0.4, -0.2) is 59.0 Å². The molecule has 1 atom stereocenters. The highest BCUT2D eigenvalue weighted by atomic mass is 16.5. The highest BCUT2D eigenvalue weighted by molar-refractivity contribution is 5.85. The summed E-state index contributed by atoms with van der Waals surface area (Å²) in [5.41, 5.74) is -0.981. The van der Waals surface area contributed by atoms with Crippen molar-refractivity contribution in [3.05, 3.63) is 17.5 Å². The van der Waals surface area contributed by atoms with Gasteiger partial charge in [0.05, 0.1) is 12.1 Å². The van der Waals surface area contributed by atoms with E-state index in [1.807, 2.05) is 19.0 Å². The van der Waals surface area contributed by atoms with E-state index in [0.717, 1.165) is 0 Å². The van der Waals surface area contributed by atoms with Gasteiger partial charge < -0.3 is 25.0 Å². The summed E-state index contributed by atoms with van der Waals surface area (Å²) in [6.07, 6.45) is 0. The van der Waals surface area contributed by atoms with Gasteiger partial charge in [0.2, 0.25) is 0 Å². The monoisotopic (exact) mass is 257 g/mol. The molecular weight excluding hydrogens is 238 g/mol. The summed E-state index contributed by atoms with van der Waals surface area (Å²) in [6, 6.07) is 1.36. The number of hydrogen-bond donors (Lipinski definition) is 3. The summed E-state index contributed by atoms with van der Waals surface area (Å²) in [4.78, 5) is 12.5. The average molecular weight is 257 g/mol. The zero-order valence-corrected chi connectivity index (χ0v) is 10.8. The molecule has 0 amide bonds. The van der Waals surface area contributed by atoms with Crippen LogP contribution in [0.4, 0.5) is 0 Å². The van der Waals surface area contributed by atoms with Gasteiger partial charge in [0.25, 0.3) is 0 Å². The summed E-state index contributed by atoms with van der Waals surface area (Å²) >= 11 is 0. The minimum Gasteiger partial charge on any atom is -0.476 e. The normalized spacial score (nSPS) is 14.7. The zero-order chi connectivity index (χ0) is 13.8. The average Bonchev–Trinajstić information content (AvgIpc) is 2.63. The number of hydrogen-bond acceptors (Lipinski definition) is 6. The van der Waals surface area contributed by atoms with E-state index in [-0.39, 0.29) is 5.69 Å². The molecule has 18 heavy (non-hydrogen) atoms. The van der Waals surface area contributed by atoms with Crippen molar-refractivity contribution in [1.82, 2.24) is 15.4 Å². The largest absolute Gasteiger partial charge is 0.476 e. The first-order valence-corrected chi connectivity index (χ1v) is 5.57. The van der Waals surface area contributed by atoms with Gasteiger partial charge in [-0.05, 0) is 21.0 Å². The smallest absolute Gasteiger partial charge is 0.358 e. The molecule has 0 radical (unpaired) electrons. The molecule has 1 heterocycles. The molecule has 0 saturated carbocycles. The van der Waals surface area contributed by atoms with Crippen LogP contribution in [-0.2, 0) is 6.54 Å². The number of likely N-dealkylation sites (N-methyl/N-ethyl adjacent to an activating group) is 1. The molecule has 1 unspecified atom stereocenters. The van der Waals surface area contributed by atoms with Crippen LogP contribution in [0.2, 0.25) is 0 Å². The van der Waals surface area contributed by atoms with Crippen molar-refractivity contribution in [3.8, 4) is 0 Å². The Morgan fingerprint density at radius 2 is 2.28 bits per heavy atom. The Hall–Kier alpha value is -1.44. The molecule has 0 spiro atoms. The van der Waals surface area contributed by atoms with Crippen molar-refractivity contribution in [2.24, 2.45) is 0 Å². The van der Waals surface area contributed by atoms with Crippen LogP contribution in [0, 0.1) is 0 Å². The van der Waals surface area contributed by atoms with Crippen LogP contribution in [0.5, 0.6) is 0 Å². The molecule has 0 bridgehead atoms. The van der Waals surface area contributed by atoms with Crippen molar-refractivity contribution in [2.45, 2.75) is 19.1 Å². The summed E-state index contributed by atoms with van der Waals surface area (Å²) in [5, 5.41) is 25.1. The molecule has 0 aliphatic rings. The molecule has 3 N–H and O–H groups in total. The number of rotatable bonds is 7. The Balaban J connectivity index is 2.39. The first-order valence-electron chi connectivity index (χ1n) is 5.57. The highest BCUT2D eigenvalue weighted by Gasteiger charge is 2.21. The third-order valence-electron chi connectivity index (χ3n) is 2.24. The second-order valence-corrected chi connectivity index (χ2v) is 4.82. The van der Waals surface area contributed by atoms with E-state index in [1.54, 1.807) is 6.92 Å². The standard InChI is InChI=1S/C11H19N3O4/c1-11(17,7-14(2)3)6-12-5-8-4-9(10(15)16)13-18-8/h4,12,17H,5-7H2,1-3H3,(H,15,16). The van der Waals surface area contributed by atoms with E-state index >= 15 is 0 Å². The number of aromatic nitrogens is 1. The van der Waals surface area contributed by atoms with Gasteiger partial charge in [0.1, 0.15) is 0 Å². The Morgan fingerprint density at radius 3 is 2.78 bits per heavy atom. The van der Waals surface area contributed by atoms with Gasteiger partial charge in [0, 0.05) is 19.2 Å². The van der Waals surface area contributed by atoms with Crippen LogP contribution in [0.1, 0.15) is 23.2 Å². The molecule has 102 valence electrons. The molecular formula is C11H19N3O4. The van der Waals surface area contributed by atoms with E-state index in [1.165, 1.54) is 6.07 Å². The third kappa shape index (κ3) is 4.82. The van der Waals surface area contributed by atoms with Crippen molar-refractivity contribution >= 4 is 5.97 Å². The molecule has 0 aromatic carbocycles. The van der Waals surface area contributed by atoms with Gasteiger partial charge >= 0.3 is 5.97 Å². The minimum atomic E-state index is -1.12. The number of carbonyl (C=O) groups is 1. The zero-order valence-electron chi connectivity index (χ0n) is 10.8. The predicted octanol–water partition coefficient (Wildman–Crippen LogP) is -0.225. The maximum Gasteiger partial charge on any atom is 0.358 e. The fourth-order valence-corrected chi connectivity index (χ4v) is 1.69. The van der Waals surface area contributed by atoms with Gasteiger partial charge in [-0.1, -0.05) is 5.16 Å². The quantitative estimate of drug-likeness (QED) is 0.620. The lowest BCUT2D eigenvalue weighted by molar-refractivity contribution is 0.0331. The lowest BCUT2D eigenvalue weighted by atomic mass is 10.1. The minimum absolute atomic E-state index is 0.119. The topological polar surface area (TPSA) is 98.8 Å². The van der Waals surface area contributed by atoms with Crippen molar-refractivity contribution in [1.29, 1.82) is 0 Å². The van der Waals surface area contributed by atoms with Crippen LogP contribution in [0.3, 0.4) is 0 Å². The van der Waals surface area contributed by atoms with Crippen molar-refractivity contribution < 1.29 is 19.5 Å². The Labute approximate surface area is 105 Å². The third-order valence-corrected chi connectivity index (χ3v) is 2.24. The number of nitrogens with one attached hydrogen (secondary N) is 1. The summed E-state index contributed by atoms with van der Waals surface area (Å²) in [7, 11) is 3.76. The Bertz CT molecular complexity index is 401. The van der Waals surface area contributed by atoms with Gasteiger partial charge in [-0.15, -0.1) is 0 Å². The summed E-state index contributed by atoms with van der Waals surface area (Å²) in [5.74, 6) is -0.697. The molecule has 0 saturated heterocycles. The Kier molecular flexibility index (Phi) is 4.83. The molecule has 1 rings (SSSR count). The van der Waals surface area contributed by atoms with E-state index in [0.29, 0.717) is 25.4 Å². The first kappa shape index (κ1) is 14.6. The maximum atomic E-state index is 10.6. The van der Waals surface area contributed by atoms with Crippen LogP contribution in [0.25, 0.3) is 0 Å². The van der Waals surface area contributed by atoms with Crippen LogP contribution >= 0.6 is 0 Å². The molecule has 0 aliphatic heterocycles. The second-order valence-electron chi connectivity index (χ2n) is 4.82. The van der Waals surface area contributed by atoms with Crippen molar-refractivity contribution in [3.63, 3.8) is 0 Å². The molecule has 1 aromatic heterocycles. The molecule has 1 aromatic rings. The Morgan fingerprint density at radius 1 is 1.61 bits per heavy atom. The number of aliphatic hydroxyl groups is 1. The van der Waals surface area contributed by atoms with E-state index in [9.17, 15) is 9.90 Å². The fraction of sp³-hybridized carbons (Fsp3) is 0.636. The SMILES string of the molecule is CN(C)CC(C)(O)CNCc1cc(C(=O)O)no1. The maximum absolute atomic E-state index is 10.6.